The van der Waals surface area contributed by atoms with E-state index in [9.17, 15) is 12.9 Å². The molecule has 0 aliphatic carbocycles. The van der Waals surface area contributed by atoms with E-state index >= 15 is 0 Å². The number of halogens is 3. The molecule has 0 spiro atoms. The third kappa shape index (κ3) is 2.22. The number of nitrogens with zero attached hydrogens (tertiary/aromatic N) is 1. The molecule has 0 atom stereocenters. The van der Waals surface area contributed by atoms with Gasteiger partial charge in [0, 0.05) is 0 Å². The molecular formula is C7H5BF3KN2. The maximum absolute atomic E-state index is 12.4. The van der Waals surface area contributed by atoms with E-state index in [4.69, 9.17) is 0 Å². The maximum Gasteiger partial charge on any atom is 1.00 e. The van der Waals surface area contributed by atoms with Crippen molar-refractivity contribution in [1.29, 1.82) is 0 Å². The first kappa shape index (κ1) is 12.3. The zero-order valence-electron chi connectivity index (χ0n) is 7.47. The average Bonchev–Trinajstić information content (AvgIpc) is 2.48. The van der Waals surface area contributed by atoms with E-state index in [1.54, 1.807) is 6.07 Å². The van der Waals surface area contributed by atoms with Crippen LogP contribution in [0.4, 0.5) is 12.9 Å². The Labute approximate surface area is 121 Å². The summed E-state index contributed by atoms with van der Waals surface area (Å²) in [6.45, 7) is -4.95. The molecule has 0 amide bonds. The summed E-state index contributed by atoms with van der Waals surface area (Å²) in [6, 6.07) is 4.00. The number of aromatic amines is 1. The number of aromatic nitrogens is 2. The molecule has 1 N–H and O–H groups in total. The first-order valence-electron chi connectivity index (χ1n) is 3.71. The second kappa shape index (κ2) is 4.36. The van der Waals surface area contributed by atoms with Gasteiger partial charge in [-0.1, -0.05) is 17.6 Å². The number of hydrogen-bond acceptors (Lipinski definition) is 1. The molecule has 0 radical (unpaired) electrons. The monoisotopic (exact) mass is 224 g/mol. The SMILES string of the molecule is F[B-](F)(F)c1cccc2[nH]ncc12.[K+]. The van der Waals surface area contributed by atoms with Crippen LogP contribution in [0.15, 0.2) is 24.4 Å². The van der Waals surface area contributed by atoms with Gasteiger partial charge in [-0.15, -0.1) is 0 Å². The fourth-order valence-electron chi connectivity index (χ4n) is 1.28. The fourth-order valence-corrected chi connectivity index (χ4v) is 1.28. The number of H-pyrrole nitrogens is 1. The van der Waals surface area contributed by atoms with Gasteiger partial charge in [-0.05, 0) is 11.5 Å². The van der Waals surface area contributed by atoms with Crippen LogP contribution in [0, 0.1) is 0 Å². The largest absolute Gasteiger partial charge is 1.00 e. The number of fused-ring (bicyclic) bond motifs is 1. The number of benzene rings is 1. The van der Waals surface area contributed by atoms with Crippen LogP contribution in [0.2, 0.25) is 0 Å². The molecule has 2 rings (SSSR count). The summed E-state index contributed by atoms with van der Waals surface area (Å²) in [6.07, 6.45) is 1.19. The van der Waals surface area contributed by atoms with Crippen LogP contribution in [0.1, 0.15) is 0 Å². The normalized spacial score (nSPS) is 11.4. The van der Waals surface area contributed by atoms with Crippen molar-refractivity contribution in [2.24, 2.45) is 0 Å². The summed E-state index contributed by atoms with van der Waals surface area (Å²) >= 11 is 0. The number of rotatable bonds is 1. The van der Waals surface area contributed by atoms with Crippen LogP contribution < -0.4 is 56.8 Å². The van der Waals surface area contributed by atoms with E-state index in [0.29, 0.717) is 5.52 Å². The Kier molecular flexibility index (Phi) is 3.82. The van der Waals surface area contributed by atoms with Gasteiger partial charge in [0.25, 0.3) is 0 Å². The molecule has 0 fully saturated rings. The predicted octanol–water partition coefficient (Wildman–Crippen LogP) is -1.38. The Morgan fingerprint density at radius 2 is 1.93 bits per heavy atom. The minimum absolute atomic E-state index is 0. The van der Waals surface area contributed by atoms with Crippen LogP contribution in [0.25, 0.3) is 10.9 Å². The molecule has 68 valence electrons. The van der Waals surface area contributed by atoms with E-state index in [2.05, 4.69) is 10.2 Å². The average molecular weight is 224 g/mol. The van der Waals surface area contributed by atoms with Crippen LogP contribution in [-0.2, 0) is 0 Å². The van der Waals surface area contributed by atoms with Gasteiger partial charge in [0.15, 0.2) is 0 Å². The van der Waals surface area contributed by atoms with Crippen LogP contribution in [-0.4, -0.2) is 17.2 Å². The molecule has 0 saturated carbocycles. The standard InChI is InChI=1S/C7H5BF3N2.K/c9-8(10,11)6-2-1-3-7-5(6)4-12-13-7;/h1-4H,(H,12,13);/q-1;+1. The Morgan fingerprint density at radius 3 is 2.57 bits per heavy atom. The molecule has 1 aromatic carbocycles. The Morgan fingerprint density at radius 1 is 1.21 bits per heavy atom. The van der Waals surface area contributed by atoms with Crippen molar-refractivity contribution in [2.45, 2.75) is 0 Å². The summed E-state index contributed by atoms with van der Waals surface area (Å²) in [5.74, 6) is 0. The molecular weight excluding hydrogens is 219 g/mol. The van der Waals surface area contributed by atoms with Crippen molar-refractivity contribution in [1.82, 2.24) is 10.2 Å². The van der Waals surface area contributed by atoms with E-state index in [1.165, 1.54) is 12.3 Å². The summed E-state index contributed by atoms with van der Waals surface area (Å²) in [7, 11) is 0. The second-order valence-electron chi connectivity index (χ2n) is 2.75. The van der Waals surface area contributed by atoms with Gasteiger partial charge in [-0.3, -0.25) is 5.10 Å². The summed E-state index contributed by atoms with van der Waals surface area (Å²) in [5, 5.41) is 6.19. The Balaban J connectivity index is 0.000000980. The summed E-state index contributed by atoms with van der Waals surface area (Å²) < 4.78 is 37.2. The Hall–Kier alpha value is 0.181. The van der Waals surface area contributed by atoms with Gasteiger partial charge in [-0.25, -0.2) is 0 Å². The Bertz CT molecular complexity index is 440. The first-order chi connectivity index (χ1) is 6.09. The summed E-state index contributed by atoms with van der Waals surface area (Å²) in [5.41, 5.74) is -0.178. The van der Waals surface area contributed by atoms with Gasteiger partial charge >= 0.3 is 58.4 Å². The minimum Gasteiger partial charge on any atom is -0.445 e. The van der Waals surface area contributed by atoms with E-state index in [1.807, 2.05) is 0 Å². The molecule has 0 unspecified atom stereocenters. The van der Waals surface area contributed by atoms with Crippen molar-refractivity contribution in [3.8, 4) is 0 Å². The quantitative estimate of drug-likeness (QED) is 0.594. The van der Waals surface area contributed by atoms with Crippen molar-refractivity contribution in [3.05, 3.63) is 24.4 Å². The van der Waals surface area contributed by atoms with Gasteiger partial charge in [0.2, 0.25) is 0 Å². The third-order valence-electron chi connectivity index (χ3n) is 1.87. The third-order valence-corrected chi connectivity index (χ3v) is 1.87. The van der Waals surface area contributed by atoms with Gasteiger partial charge in [0.1, 0.15) is 0 Å². The number of hydrogen-bond donors (Lipinski definition) is 1. The minimum atomic E-state index is -4.95. The zero-order chi connectivity index (χ0) is 9.47. The van der Waals surface area contributed by atoms with Crippen molar-refractivity contribution in [2.75, 3.05) is 0 Å². The smallest absolute Gasteiger partial charge is 0.445 e. The molecule has 0 bridgehead atoms. The van der Waals surface area contributed by atoms with Crippen LogP contribution in [0.5, 0.6) is 0 Å². The van der Waals surface area contributed by atoms with Gasteiger partial charge in [0.05, 0.1) is 11.7 Å². The summed E-state index contributed by atoms with van der Waals surface area (Å²) in [4.78, 5) is 0. The maximum atomic E-state index is 12.4. The topological polar surface area (TPSA) is 28.7 Å². The molecule has 2 aromatic rings. The molecule has 0 saturated heterocycles. The first-order valence-corrected chi connectivity index (χ1v) is 3.71. The molecule has 1 aromatic heterocycles. The van der Waals surface area contributed by atoms with Crippen molar-refractivity contribution < 1.29 is 64.3 Å². The van der Waals surface area contributed by atoms with Gasteiger partial charge in [-0.2, -0.15) is 5.10 Å². The second-order valence-corrected chi connectivity index (χ2v) is 2.75. The van der Waals surface area contributed by atoms with E-state index < -0.39 is 12.4 Å². The molecule has 7 heteroatoms. The molecule has 0 aliphatic heterocycles. The number of nitrogens with one attached hydrogen (secondary N) is 1. The fraction of sp³-hybridized carbons (Fsp3) is 0. The van der Waals surface area contributed by atoms with Crippen LogP contribution in [0.3, 0.4) is 0 Å². The van der Waals surface area contributed by atoms with Crippen molar-refractivity contribution >= 4 is 23.3 Å². The predicted molar refractivity (Wildman–Crippen MR) is 44.8 cm³/mol. The van der Waals surface area contributed by atoms with Gasteiger partial charge < -0.3 is 12.9 Å². The molecule has 1 heterocycles. The van der Waals surface area contributed by atoms with Crippen molar-refractivity contribution in [3.63, 3.8) is 0 Å². The van der Waals surface area contributed by atoms with E-state index in [-0.39, 0.29) is 56.8 Å². The van der Waals surface area contributed by atoms with Crippen LogP contribution >= 0.6 is 0 Å². The van der Waals surface area contributed by atoms with E-state index in [0.717, 1.165) is 6.07 Å². The molecule has 0 aliphatic rings. The molecule has 2 nitrogen and oxygen atoms in total. The molecule has 14 heavy (non-hydrogen) atoms. The zero-order valence-corrected chi connectivity index (χ0v) is 10.6.